The molecule has 1 unspecified atom stereocenters. The van der Waals surface area contributed by atoms with Crippen molar-refractivity contribution in [2.45, 2.75) is 13.8 Å². The fraction of sp³-hybridized carbons (Fsp3) is 0.250. The molecule has 1 aliphatic heterocycles. The molecular weight excluding hydrogens is 240 g/mol. The Morgan fingerprint density at radius 2 is 1.84 bits per heavy atom. The third kappa shape index (κ3) is 2.50. The van der Waals surface area contributed by atoms with E-state index in [1.54, 1.807) is 32.1 Å². The van der Waals surface area contributed by atoms with Crippen LogP contribution in [0.4, 0.5) is 0 Å². The van der Waals surface area contributed by atoms with Crippen LogP contribution in [0.2, 0.25) is 0 Å². The lowest BCUT2D eigenvalue weighted by Gasteiger charge is -2.30. The molecule has 1 aromatic carbocycles. The number of ketones is 1. The number of rotatable bonds is 3. The molecule has 0 radical (unpaired) electrons. The van der Waals surface area contributed by atoms with Crippen molar-refractivity contribution >= 4 is 17.5 Å². The van der Waals surface area contributed by atoms with Crippen LogP contribution in [0.15, 0.2) is 49.1 Å². The van der Waals surface area contributed by atoms with Gasteiger partial charge >= 0.3 is 5.97 Å². The Morgan fingerprint density at radius 1 is 1.21 bits per heavy atom. The number of hydrogen-bond acceptors (Lipinski definition) is 3. The van der Waals surface area contributed by atoms with Crippen LogP contribution in [0.5, 0.6) is 0 Å². The van der Waals surface area contributed by atoms with Crippen molar-refractivity contribution in [3.63, 3.8) is 0 Å². The van der Waals surface area contributed by atoms with E-state index in [4.69, 9.17) is 4.74 Å². The molecule has 0 aromatic heterocycles. The van der Waals surface area contributed by atoms with Gasteiger partial charge in [0.05, 0.1) is 0 Å². The lowest BCUT2D eigenvalue weighted by molar-refractivity contribution is -0.149. The van der Waals surface area contributed by atoms with Crippen LogP contribution in [0.25, 0.3) is 5.76 Å². The highest BCUT2D eigenvalue weighted by molar-refractivity contribution is 6.12. The van der Waals surface area contributed by atoms with Gasteiger partial charge in [0.25, 0.3) is 0 Å². The highest BCUT2D eigenvalue weighted by Gasteiger charge is 2.42. The molecule has 0 amide bonds. The average molecular weight is 256 g/mol. The normalized spacial score (nSPS) is 19.7. The van der Waals surface area contributed by atoms with Crippen molar-refractivity contribution in [1.29, 1.82) is 0 Å². The molecule has 1 atom stereocenters. The summed E-state index contributed by atoms with van der Waals surface area (Å²) in [5.74, 6) is -1.26. The maximum atomic E-state index is 12.2. The van der Waals surface area contributed by atoms with Gasteiger partial charge in [-0.2, -0.15) is 0 Å². The van der Waals surface area contributed by atoms with Crippen LogP contribution >= 0.6 is 0 Å². The fourth-order valence-electron chi connectivity index (χ4n) is 2.06. The number of carbonyl (C=O) groups excluding carboxylic acids is 2. The van der Waals surface area contributed by atoms with E-state index < -0.39 is 17.3 Å². The second-order valence-corrected chi connectivity index (χ2v) is 5.16. The zero-order valence-corrected chi connectivity index (χ0v) is 11.1. The summed E-state index contributed by atoms with van der Waals surface area (Å²) in [6.07, 6.45) is 3.00. The van der Waals surface area contributed by atoms with Crippen LogP contribution in [0.3, 0.4) is 0 Å². The zero-order chi connectivity index (χ0) is 14.0. The molecule has 0 fully saturated rings. The number of benzene rings is 1. The Hall–Kier alpha value is -2.16. The Balaban J connectivity index is 2.37. The first-order chi connectivity index (χ1) is 8.95. The molecule has 98 valence electrons. The number of esters is 1. The van der Waals surface area contributed by atoms with Gasteiger partial charge in [0.15, 0.2) is 5.78 Å². The van der Waals surface area contributed by atoms with E-state index >= 15 is 0 Å². The number of hydrogen-bond donors (Lipinski definition) is 0. The molecule has 3 nitrogen and oxygen atoms in total. The predicted octanol–water partition coefficient (Wildman–Crippen LogP) is 2.98. The minimum atomic E-state index is -0.822. The summed E-state index contributed by atoms with van der Waals surface area (Å²) in [5, 5.41) is 0. The molecule has 1 aromatic rings. The first kappa shape index (κ1) is 13.3. The van der Waals surface area contributed by atoms with E-state index in [-0.39, 0.29) is 5.78 Å². The second kappa shape index (κ2) is 4.84. The van der Waals surface area contributed by atoms with E-state index in [0.717, 1.165) is 5.56 Å². The van der Waals surface area contributed by atoms with E-state index in [2.05, 4.69) is 6.58 Å². The van der Waals surface area contributed by atoms with Crippen LogP contribution in [-0.4, -0.2) is 11.8 Å². The minimum Gasteiger partial charge on any atom is -0.425 e. The third-order valence-corrected chi connectivity index (χ3v) is 3.33. The maximum absolute atomic E-state index is 12.2. The van der Waals surface area contributed by atoms with Gasteiger partial charge in [-0.25, -0.2) is 0 Å². The lowest BCUT2D eigenvalue weighted by Crippen LogP contribution is -2.39. The lowest BCUT2D eigenvalue weighted by atomic mass is 9.75. The van der Waals surface area contributed by atoms with E-state index in [9.17, 15) is 9.59 Å². The summed E-state index contributed by atoms with van der Waals surface area (Å²) < 4.78 is 5.30. The molecule has 0 saturated carbocycles. The molecule has 0 aliphatic carbocycles. The summed E-state index contributed by atoms with van der Waals surface area (Å²) in [4.78, 5) is 24.2. The molecule has 2 rings (SSSR count). The van der Waals surface area contributed by atoms with E-state index in [1.807, 2.05) is 18.2 Å². The largest absolute Gasteiger partial charge is 0.425 e. The third-order valence-electron chi connectivity index (χ3n) is 3.33. The quantitative estimate of drug-likeness (QED) is 0.474. The van der Waals surface area contributed by atoms with Gasteiger partial charge in [0.2, 0.25) is 0 Å². The zero-order valence-electron chi connectivity index (χ0n) is 11.1. The summed E-state index contributed by atoms with van der Waals surface area (Å²) in [6, 6.07) is 9.11. The molecule has 0 bridgehead atoms. The van der Waals surface area contributed by atoms with E-state index in [1.165, 1.54) is 6.08 Å². The van der Waals surface area contributed by atoms with Gasteiger partial charge in [-0.3, -0.25) is 9.59 Å². The summed E-state index contributed by atoms with van der Waals surface area (Å²) in [7, 11) is 0. The van der Waals surface area contributed by atoms with Gasteiger partial charge in [0, 0.05) is 17.1 Å². The topological polar surface area (TPSA) is 43.4 Å². The van der Waals surface area contributed by atoms with E-state index in [0.29, 0.717) is 5.76 Å². The van der Waals surface area contributed by atoms with Crippen LogP contribution < -0.4 is 0 Å². The second-order valence-electron chi connectivity index (χ2n) is 5.16. The maximum Gasteiger partial charge on any atom is 0.323 e. The van der Waals surface area contributed by atoms with Gasteiger partial charge in [-0.1, -0.05) is 50.3 Å². The first-order valence-corrected chi connectivity index (χ1v) is 6.12. The fourth-order valence-corrected chi connectivity index (χ4v) is 2.06. The van der Waals surface area contributed by atoms with Gasteiger partial charge < -0.3 is 4.74 Å². The number of carbonyl (C=O) groups is 2. The van der Waals surface area contributed by atoms with Crippen molar-refractivity contribution in [2.24, 2.45) is 11.3 Å². The first-order valence-electron chi connectivity index (χ1n) is 6.12. The predicted molar refractivity (Wildman–Crippen MR) is 73.0 cm³/mol. The molecule has 19 heavy (non-hydrogen) atoms. The molecule has 0 spiro atoms. The molecule has 3 heteroatoms. The van der Waals surface area contributed by atoms with Crippen LogP contribution in [-0.2, 0) is 14.3 Å². The highest BCUT2D eigenvalue weighted by Crippen LogP contribution is 2.35. The van der Waals surface area contributed by atoms with Crippen molar-refractivity contribution < 1.29 is 14.3 Å². The Bertz CT molecular complexity index is 553. The summed E-state index contributed by atoms with van der Waals surface area (Å²) in [6.45, 7) is 7.27. The van der Waals surface area contributed by atoms with Gasteiger partial charge in [0.1, 0.15) is 11.7 Å². The average Bonchev–Trinajstić information content (AvgIpc) is 2.38. The monoisotopic (exact) mass is 256 g/mol. The SMILES string of the molecule is C=CC(C)(C)C1C(=O)C=C(c2ccccc2)OC1=O. The smallest absolute Gasteiger partial charge is 0.323 e. The Labute approximate surface area is 112 Å². The van der Waals surface area contributed by atoms with Crippen molar-refractivity contribution in [2.75, 3.05) is 0 Å². The molecule has 1 heterocycles. The number of cyclic esters (lactones) is 1. The standard InChI is InChI=1S/C16H16O3/c1-4-16(2,3)14-12(17)10-13(19-15(14)18)11-8-6-5-7-9-11/h4-10,14H,1H2,2-3H3. The highest BCUT2D eigenvalue weighted by atomic mass is 16.5. The number of ether oxygens (including phenoxy) is 1. The van der Waals surface area contributed by atoms with Crippen LogP contribution in [0.1, 0.15) is 19.4 Å². The van der Waals surface area contributed by atoms with Crippen molar-refractivity contribution in [3.05, 3.63) is 54.6 Å². The van der Waals surface area contributed by atoms with Crippen molar-refractivity contribution in [1.82, 2.24) is 0 Å². The number of allylic oxidation sites excluding steroid dienone is 2. The summed E-state index contributed by atoms with van der Waals surface area (Å²) in [5.41, 5.74) is 0.103. The van der Waals surface area contributed by atoms with Gasteiger partial charge in [-0.15, -0.1) is 6.58 Å². The molecule has 0 saturated heterocycles. The van der Waals surface area contributed by atoms with Crippen molar-refractivity contribution in [3.8, 4) is 0 Å². The minimum absolute atomic E-state index is 0.236. The van der Waals surface area contributed by atoms with Gasteiger partial charge in [-0.05, 0) is 0 Å². The molecule has 1 aliphatic rings. The molecular formula is C16H16O3. The summed E-state index contributed by atoms with van der Waals surface area (Å²) >= 11 is 0. The Kier molecular flexibility index (Phi) is 3.38. The van der Waals surface area contributed by atoms with Crippen LogP contribution in [0, 0.1) is 11.3 Å². The Morgan fingerprint density at radius 3 is 2.37 bits per heavy atom. The molecule has 0 N–H and O–H groups in total.